The molecule has 0 spiro atoms. The van der Waals surface area contributed by atoms with Crippen molar-refractivity contribution in [2.45, 2.75) is 12.8 Å². The van der Waals surface area contributed by atoms with Crippen molar-refractivity contribution in [3.63, 3.8) is 0 Å². The Morgan fingerprint density at radius 3 is 2.19 bits per heavy atom. The maximum absolute atomic E-state index is 12.2. The lowest BCUT2D eigenvalue weighted by atomic mass is 10.1. The van der Waals surface area contributed by atoms with Crippen LogP contribution in [-0.2, 0) is 12.8 Å². The predicted molar refractivity (Wildman–Crippen MR) is 108 cm³/mol. The van der Waals surface area contributed by atoms with Gasteiger partial charge in [-0.25, -0.2) is 9.97 Å². The van der Waals surface area contributed by atoms with E-state index in [0.29, 0.717) is 23.1 Å². The van der Waals surface area contributed by atoms with Crippen molar-refractivity contribution in [1.29, 1.82) is 0 Å². The minimum Gasteiger partial charge on any atom is -0.354 e. The average molecular weight is 381 g/mol. The van der Waals surface area contributed by atoms with Crippen molar-refractivity contribution in [3.05, 3.63) is 88.7 Å². The summed E-state index contributed by atoms with van der Waals surface area (Å²) in [7, 11) is 0. The van der Waals surface area contributed by atoms with Crippen LogP contribution >= 0.6 is 11.6 Å². The van der Waals surface area contributed by atoms with Crippen molar-refractivity contribution in [1.82, 2.24) is 15.3 Å². The molecule has 5 nitrogen and oxygen atoms in total. The molecule has 2 aromatic carbocycles. The summed E-state index contributed by atoms with van der Waals surface area (Å²) in [6.07, 6.45) is 4.70. The average Bonchev–Trinajstić information content (AvgIpc) is 2.71. The monoisotopic (exact) mass is 380 g/mol. The van der Waals surface area contributed by atoms with E-state index in [2.05, 4.69) is 32.7 Å². The van der Waals surface area contributed by atoms with Gasteiger partial charge in [-0.3, -0.25) is 4.79 Å². The number of nitrogens with zero attached hydrogens (tertiary/aromatic N) is 2. The maximum atomic E-state index is 12.2. The van der Waals surface area contributed by atoms with Crippen LogP contribution in [0.5, 0.6) is 0 Å². The lowest BCUT2D eigenvalue weighted by Crippen LogP contribution is -2.26. The van der Waals surface area contributed by atoms with Crippen molar-refractivity contribution in [2.24, 2.45) is 0 Å². The van der Waals surface area contributed by atoms with Crippen LogP contribution in [0.15, 0.2) is 67.0 Å². The van der Waals surface area contributed by atoms with E-state index >= 15 is 0 Å². The zero-order chi connectivity index (χ0) is 18.9. The maximum Gasteiger partial charge on any atom is 0.254 e. The number of rotatable bonds is 8. The number of hydrogen-bond donors (Lipinski definition) is 2. The summed E-state index contributed by atoms with van der Waals surface area (Å²) in [5, 5.41) is 6.74. The molecule has 3 rings (SSSR count). The van der Waals surface area contributed by atoms with Crippen LogP contribution in [-0.4, -0.2) is 29.0 Å². The molecule has 1 aromatic heterocycles. The fourth-order valence-electron chi connectivity index (χ4n) is 2.57. The number of hydrogen-bond acceptors (Lipinski definition) is 4. The predicted octanol–water partition coefficient (Wildman–Crippen LogP) is 3.76. The van der Waals surface area contributed by atoms with Crippen LogP contribution in [0.2, 0.25) is 5.02 Å². The summed E-state index contributed by atoms with van der Waals surface area (Å²) >= 11 is 5.86. The Labute approximate surface area is 163 Å². The van der Waals surface area contributed by atoms with E-state index in [-0.39, 0.29) is 5.91 Å². The molecule has 27 heavy (non-hydrogen) atoms. The lowest BCUT2D eigenvalue weighted by molar-refractivity contribution is 0.0953. The van der Waals surface area contributed by atoms with Crippen molar-refractivity contribution < 1.29 is 4.79 Å². The van der Waals surface area contributed by atoms with Gasteiger partial charge < -0.3 is 10.6 Å². The molecule has 0 bridgehead atoms. The highest BCUT2D eigenvalue weighted by Gasteiger charge is 2.07. The van der Waals surface area contributed by atoms with Crippen LogP contribution in [0.4, 0.5) is 5.95 Å². The quantitative estimate of drug-likeness (QED) is 0.624. The molecule has 0 fully saturated rings. The molecule has 1 amide bonds. The minimum atomic E-state index is -0.181. The Balaban J connectivity index is 1.42. The Morgan fingerprint density at radius 1 is 0.852 bits per heavy atom. The van der Waals surface area contributed by atoms with E-state index in [4.69, 9.17) is 11.6 Å². The molecule has 0 radical (unpaired) electrons. The van der Waals surface area contributed by atoms with Crippen LogP contribution < -0.4 is 10.6 Å². The summed E-state index contributed by atoms with van der Waals surface area (Å²) in [5.41, 5.74) is 2.82. The Bertz CT molecular complexity index is 852. The van der Waals surface area contributed by atoms with Gasteiger partial charge in [-0.1, -0.05) is 54.1 Å². The Kier molecular flexibility index (Phi) is 6.77. The van der Waals surface area contributed by atoms with Crippen LogP contribution in [0.1, 0.15) is 21.5 Å². The Morgan fingerprint density at radius 2 is 1.48 bits per heavy atom. The normalized spacial score (nSPS) is 10.4. The number of halogens is 1. The topological polar surface area (TPSA) is 66.9 Å². The molecular formula is C21H21ClN4O. The SMILES string of the molecule is O=C(NCCc1ccc(Cl)cc1)c1cnc(NCCc2ccccc2)nc1. The van der Waals surface area contributed by atoms with Crippen molar-refractivity contribution in [3.8, 4) is 0 Å². The molecule has 0 aliphatic heterocycles. The number of aromatic nitrogens is 2. The van der Waals surface area contributed by atoms with E-state index in [0.717, 1.165) is 24.9 Å². The summed E-state index contributed by atoms with van der Waals surface area (Å²) in [6, 6.07) is 17.8. The van der Waals surface area contributed by atoms with Gasteiger partial charge in [-0.15, -0.1) is 0 Å². The summed E-state index contributed by atoms with van der Waals surface area (Å²) in [5.74, 6) is 0.337. The van der Waals surface area contributed by atoms with E-state index < -0.39 is 0 Å². The second-order valence-electron chi connectivity index (χ2n) is 6.09. The number of nitrogens with one attached hydrogen (secondary N) is 2. The number of anilines is 1. The van der Waals surface area contributed by atoms with E-state index in [1.165, 1.54) is 18.0 Å². The number of carbonyl (C=O) groups excluding carboxylic acids is 1. The zero-order valence-corrected chi connectivity index (χ0v) is 15.6. The zero-order valence-electron chi connectivity index (χ0n) is 14.9. The van der Waals surface area contributed by atoms with Gasteiger partial charge in [-0.2, -0.15) is 0 Å². The molecule has 0 aliphatic rings. The lowest BCUT2D eigenvalue weighted by Gasteiger charge is -2.07. The molecule has 2 N–H and O–H groups in total. The first-order valence-electron chi connectivity index (χ1n) is 8.83. The van der Waals surface area contributed by atoms with Crippen LogP contribution in [0.25, 0.3) is 0 Å². The molecule has 0 atom stereocenters. The first-order chi connectivity index (χ1) is 13.2. The smallest absolute Gasteiger partial charge is 0.254 e. The summed E-state index contributed by atoms with van der Waals surface area (Å²) < 4.78 is 0. The standard InChI is InChI=1S/C21H21ClN4O/c22-19-8-6-17(7-9-19)10-12-23-20(27)18-14-25-21(26-15-18)24-13-11-16-4-2-1-3-5-16/h1-9,14-15H,10-13H2,(H,23,27)(H,24,25,26). The van der Waals surface area contributed by atoms with Gasteiger partial charge >= 0.3 is 0 Å². The number of carbonyl (C=O) groups is 1. The van der Waals surface area contributed by atoms with Gasteiger partial charge in [0.15, 0.2) is 0 Å². The van der Waals surface area contributed by atoms with Crippen molar-refractivity contribution in [2.75, 3.05) is 18.4 Å². The molecule has 3 aromatic rings. The van der Waals surface area contributed by atoms with Crippen LogP contribution in [0, 0.1) is 0 Å². The molecule has 0 saturated carbocycles. The fourth-order valence-corrected chi connectivity index (χ4v) is 2.70. The first kappa shape index (κ1) is 18.9. The summed E-state index contributed by atoms with van der Waals surface area (Å²) in [6.45, 7) is 1.27. The molecule has 6 heteroatoms. The second kappa shape index (κ2) is 9.69. The van der Waals surface area contributed by atoms with Gasteiger partial charge in [0.2, 0.25) is 5.95 Å². The number of amides is 1. The molecule has 138 valence electrons. The minimum absolute atomic E-state index is 0.181. The Hall–Kier alpha value is -2.92. The molecule has 0 unspecified atom stereocenters. The third-order valence-corrected chi connectivity index (χ3v) is 4.32. The van der Waals surface area contributed by atoms with Gasteiger partial charge in [0.25, 0.3) is 5.91 Å². The number of benzene rings is 2. The second-order valence-corrected chi connectivity index (χ2v) is 6.53. The highest BCUT2D eigenvalue weighted by molar-refractivity contribution is 6.30. The van der Waals surface area contributed by atoms with E-state index in [1.54, 1.807) is 0 Å². The first-order valence-corrected chi connectivity index (χ1v) is 9.21. The van der Waals surface area contributed by atoms with Gasteiger partial charge in [-0.05, 0) is 36.1 Å². The molecule has 0 aliphatic carbocycles. The van der Waals surface area contributed by atoms with Gasteiger partial charge in [0, 0.05) is 30.5 Å². The third-order valence-electron chi connectivity index (χ3n) is 4.07. The highest BCUT2D eigenvalue weighted by Crippen LogP contribution is 2.09. The fraction of sp³-hybridized carbons (Fsp3) is 0.190. The molecule has 0 saturated heterocycles. The summed E-state index contributed by atoms with van der Waals surface area (Å²) in [4.78, 5) is 20.6. The van der Waals surface area contributed by atoms with E-state index in [9.17, 15) is 4.79 Å². The molecule has 1 heterocycles. The van der Waals surface area contributed by atoms with Crippen molar-refractivity contribution >= 4 is 23.5 Å². The van der Waals surface area contributed by atoms with Crippen LogP contribution in [0.3, 0.4) is 0 Å². The third kappa shape index (κ3) is 6.08. The van der Waals surface area contributed by atoms with Gasteiger partial charge in [0.1, 0.15) is 0 Å². The molecular weight excluding hydrogens is 360 g/mol. The van der Waals surface area contributed by atoms with Gasteiger partial charge in [0.05, 0.1) is 5.56 Å². The largest absolute Gasteiger partial charge is 0.354 e. The highest BCUT2D eigenvalue weighted by atomic mass is 35.5. The van der Waals surface area contributed by atoms with E-state index in [1.807, 2.05) is 42.5 Å².